The van der Waals surface area contributed by atoms with Gasteiger partial charge < -0.3 is 15.7 Å². The predicted octanol–water partition coefficient (Wildman–Crippen LogP) is 6.10. The van der Waals surface area contributed by atoms with Gasteiger partial charge in [0.15, 0.2) is 0 Å². The summed E-state index contributed by atoms with van der Waals surface area (Å²) in [6.07, 6.45) is 0.0779. The van der Waals surface area contributed by atoms with E-state index in [4.69, 9.17) is 23.2 Å². The van der Waals surface area contributed by atoms with Crippen LogP contribution in [0.4, 0.5) is 5.69 Å². The minimum Gasteiger partial charge on any atom is -0.480 e. The maximum absolute atomic E-state index is 13.0. The highest BCUT2D eigenvalue weighted by Gasteiger charge is 2.24. The van der Waals surface area contributed by atoms with Gasteiger partial charge in [-0.1, -0.05) is 73.4 Å². The normalized spacial score (nSPS) is 11.7. The van der Waals surface area contributed by atoms with Gasteiger partial charge in [-0.2, -0.15) is 0 Å². The number of carbonyl (C=O) groups is 3. The molecule has 8 heteroatoms. The van der Waals surface area contributed by atoms with Crippen LogP contribution in [0.5, 0.6) is 0 Å². The zero-order chi connectivity index (χ0) is 25.7. The highest BCUT2D eigenvalue weighted by molar-refractivity contribution is 6.40. The van der Waals surface area contributed by atoms with E-state index in [1.54, 1.807) is 42.5 Å². The summed E-state index contributed by atoms with van der Waals surface area (Å²) < 4.78 is 0. The molecule has 0 aliphatic rings. The summed E-state index contributed by atoms with van der Waals surface area (Å²) in [4.78, 5) is 37.5. The van der Waals surface area contributed by atoms with Crippen LogP contribution in [0.3, 0.4) is 0 Å². The third-order valence-corrected chi connectivity index (χ3v) is 6.23. The van der Waals surface area contributed by atoms with Gasteiger partial charge in [-0.25, -0.2) is 4.79 Å². The molecule has 0 aliphatic heterocycles. The van der Waals surface area contributed by atoms with E-state index < -0.39 is 23.8 Å². The lowest BCUT2D eigenvalue weighted by Gasteiger charge is -2.19. The first kappa shape index (κ1) is 26.3. The monoisotopic (exact) mass is 512 g/mol. The molecule has 0 saturated carbocycles. The van der Waals surface area contributed by atoms with Gasteiger partial charge in [0.25, 0.3) is 11.8 Å². The lowest BCUT2D eigenvalue weighted by Crippen LogP contribution is -2.42. The fourth-order valence-corrected chi connectivity index (χ4v) is 4.35. The van der Waals surface area contributed by atoms with E-state index in [1.165, 1.54) is 0 Å². The molecule has 0 spiro atoms. The summed E-state index contributed by atoms with van der Waals surface area (Å²) in [5.41, 5.74) is 3.50. The van der Waals surface area contributed by atoms with E-state index in [0.29, 0.717) is 16.8 Å². The third-order valence-electron chi connectivity index (χ3n) is 5.60. The van der Waals surface area contributed by atoms with Gasteiger partial charge >= 0.3 is 5.97 Å². The number of nitrogens with one attached hydrogen (secondary N) is 2. The molecule has 2 amide bonds. The SMILES string of the molecule is Cc1cccc(C(C)C)c1C(=O)N[C@@H](Cc1ccc(NC(=O)c2c(Cl)cccc2Cl)cc1)C(=O)O. The fraction of sp³-hybridized carbons (Fsp3) is 0.222. The number of carboxylic acids is 1. The van der Waals surface area contributed by atoms with Crippen LogP contribution in [0, 0.1) is 6.92 Å². The highest BCUT2D eigenvalue weighted by atomic mass is 35.5. The van der Waals surface area contributed by atoms with Crippen molar-refractivity contribution in [1.29, 1.82) is 0 Å². The number of halogens is 2. The van der Waals surface area contributed by atoms with E-state index in [-0.39, 0.29) is 27.9 Å². The summed E-state index contributed by atoms with van der Waals surface area (Å²) in [5.74, 6) is -1.89. The van der Waals surface area contributed by atoms with E-state index >= 15 is 0 Å². The minimum atomic E-state index is -1.14. The number of carboxylic acid groups (broad SMARTS) is 1. The quantitative estimate of drug-likeness (QED) is 0.339. The van der Waals surface area contributed by atoms with Crippen molar-refractivity contribution >= 4 is 46.7 Å². The molecule has 1 atom stereocenters. The van der Waals surface area contributed by atoms with Crippen molar-refractivity contribution in [3.05, 3.63) is 98.5 Å². The second-order valence-electron chi connectivity index (χ2n) is 8.51. The number of aryl methyl sites for hydroxylation is 1. The van der Waals surface area contributed by atoms with Crippen LogP contribution < -0.4 is 10.6 Å². The number of hydrogen-bond acceptors (Lipinski definition) is 3. The molecule has 0 bridgehead atoms. The Hall–Kier alpha value is -3.35. The van der Waals surface area contributed by atoms with Gasteiger partial charge in [0.2, 0.25) is 0 Å². The van der Waals surface area contributed by atoms with E-state index in [1.807, 2.05) is 39.0 Å². The highest BCUT2D eigenvalue weighted by Crippen LogP contribution is 2.26. The van der Waals surface area contributed by atoms with Crippen LogP contribution in [-0.4, -0.2) is 28.9 Å². The average Bonchev–Trinajstić information content (AvgIpc) is 2.79. The van der Waals surface area contributed by atoms with Crippen LogP contribution in [-0.2, 0) is 11.2 Å². The molecule has 0 aromatic heterocycles. The largest absolute Gasteiger partial charge is 0.480 e. The molecule has 0 aliphatic carbocycles. The summed E-state index contributed by atoms with van der Waals surface area (Å²) in [7, 11) is 0. The molecule has 3 aromatic rings. The Labute approximate surface area is 214 Å². The summed E-state index contributed by atoms with van der Waals surface area (Å²) in [6, 6.07) is 16.0. The lowest BCUT2D eigenvalue weighted by atomic mass is 9.93. The summed E-state index contributed by atoms with van der Waals surface area (Å²) in [5, 5.41) is 15.6. The Bertz CT molecular complexity index is 1240. The summed E-state index contributed by atoms with van der Waals surface area (Å²) in [6.45, 7) is 5.81. The fourth-order valence-electron chi connectivity index (χ4n) is 3.78. The molecular weight excluding hydrogens is 487 g/mol. The molecule has 0 fully saturated rings. The first-order valence-electron chi connectivity index (χ1n) is 11.1. The number of rotatable bonds is 8. The second kappa shape index (κ2) is 11.4. The maximum atomic E-state index is 13.0. The van der Waals surface area contributed by atoms with Crippen molar-refractivity contribution in [2.75, 3.05) is 5.32 Å². The Kier molecular flexibility index (Phi) is 8.54. The number of aliphatic carboxylic acids is 1. The topological polar surface area (TPSA) is 95.5 Å². The molecule has 182 valence electrons. The van der Waals surface area contributed by atoms with E-state index in [2.05, 4.69) is 10.6 Å². The van der Waals surface area contributed by atoms with Crippen LogP contribution in [0.1, 0.15) is 57.2 Å². The molecule has 35 heavy (non-hydrogen) atoms. The number of benzene rings is 3. The Morgan fingerprint density at radius 2 is 1.46 bits per heavy atom. The Balaban J connectivity index is 1.72. The van der Waals surface area contributed by atoms with Crippen molar-refractivity contribution in [1.82, 2.24) is 5.32 Å². The van der Waals surface area contributed by atoms with Crippen molar-refractivity contribution in [2.24, 2.45) is 0 Å². The van der Waals surface area contributed by atoms with Crippen molar-refractivity contribution in [3.8, 4) is 0 Å². The van der Waals surface area contributed by atoms with Crippen molar-refractivity contribution in [2.45, 2.75) is 39.2 Å². The molecule has 3 N–H and O–H groups in total. The molecule has 6 nitrogen and oxygen atoms in total. The molecule has 0 unspecified atom stereocenters. The van der Waals surface area contributed by atoms with Crippen LogP contribution >= 0.6 is 23.2 Å². The van der Waals surface area contributed by atoms with Gasteiger partial charge in [0.05, 0.1) is 15.6 Å². The number of amides is 2. The lowest BCUT2D eigenvalue weighted by molar-refractivity contribution is -0.139. The van der Waals surface area contributed by atoms with Crippen LogP contribution in [0.25, 0.3) is 0 Å². The van der Waals surface area contributed by atoms with Gasteiger partial charge in [-0.3, -0.25) is 9.59 Å². The smallest absolute Gasteiger partial charge is 0.326 e. The molecule has 3 aromatic carbocycles. The Morgan fingerprint density at radius 3 is 2.03 bits per heavy atom. The molecule has 0 saturated heterocycles. The van der Waals surface area contributed by atoms with Crippen LogP contribution in [0.15, 0.2) is 60.7 Å². The molecule has 0 radical (unpaired) electrons. The molecular formula is C27H26Cl2N2O4. The van der Waals surface area contributed by atoms with E-state index in [0.717, 1.165) is 11.1 Å². The zero-order valence-electron chi connectivity index (χ0n) is 19.6. The van der Waals surface area contributed by atoms with Gasteiger partial charge in [-0.05, 0) is 53.8 Å². The molecule has 0 heterocycles. The predicted molar refractivity (Wildman–Crippen MR) is 139 cm³/mol. The summed E-state index contributed by atoms with van der Waals surface area (Å²) >= 11 is 12.2. The zero-order valence-corrected chi connectivity index (χ0v) is 21.1. The van der Waals surface area contributed by atoms with Crippen molar-refractivity contribution < 1.29 is 19.5 Å². The standard InChI is InChI=1S/C27H26Cl2N2O4/c1-15(2)19-7-4-6-16(3)23(19)25(32)31-22(27(34)35)14-17-10-12-18(13-11-17)30-26(33)24-20(28)8-5-9-21(24)29/h4-13,15,22H,14H2,1-3H3,(H,30,33)(H,31,32)(H,34,35)/t22-/m0/s1. The van der Waals surface area contributed by atoms with Gasteiger partial charge in [0.1, 0.15) is 6.04 Å². The molecule has 3 rings (SSSR count). The average molecular weight is 513 g/mol. The van der Waals surface area contributed by atoms with Gasteiger partial charge in [0, 0.05) is 17.7 Å². The second-order valence-corrected chi connectivity index (χ2v) is 9.32. The third kappa shape index (κ3) is 6.41. The first-order valence-corrected chi connectivity index (χ1v) is 11.8. The first-order chi connectivity index (χ1) is 16.6. The maximum Gasteiger partial charge on any atom is 0.326 e. The minimum absolute atomic E-state index is 0.0779. The van der Waals surface area contributed by atoms with Crippen LogP contribution in [0.2, 0.25) is 10.0 Å². The Morgan fingerprint density at radius 1 is 0.857 bits per heavy atom. The van der Waals surface area contributed by atoms with Crippen molar-refractivity contribution in [3.63, 3.8) is 0 Å². The number of hydrogen-bond donors (Lipinski definition) is 3. The number of anilines is 1. The van der Waals surface area contributed by atoms with E-state index in [9.17, 15) is 19.5 Å². The number of carbonyl (C=O) groups excluding carboxylic acids is 2. The van der Waals surface area contributed by atoms with Gasteiger partial charge in [-0.15, -0.1) is 0 Å².